The van der Waals surface area contributed by atoms with Crippen LogP contribution in [0.2, 0.25) is 10.0 Å². The van der Waals surface area contributed by atoms with E-state index >= 15 is 0 Å². The first-order chi connectivity index (χ1) is 15.0. The fourth-order valence-corrected chi connectivity index (χ4v) is 3.13. The lowest BCUT2D eigenvalue weighted by molar-refractivity contribution is -0.274. The lowest BCUT2D eigenvalue weighted by atomic mass is 10.2. The quantitative estimate of drug-likeness (QED) is 0.350. The van der Waals surface area contributed by atoms with E-state index in [2.05, 4.69) is 14.7 Å². The van der Waals surface area contributed by atoms with Crippen LogP contribution in [0.15, 0.2) is 58.2 Å². The predicted molar refractivity (Wildman–Crippen MR) is 121 cm³/mol. The molecule has 3 N–H and O–H groups in total. The van der Waals surface area contributed by atoms with Crippen LogP contribution in [0, 0.1) is 0 Å². The molecule has 2 aromatic carbocycles. The molecule has 0 saturated heterocycles. The Hall–Kier alpha value is -2.91. The average molecular weight is 489 g/mol. The van der Waals surface area contributed by atoms with Gasteiger partial charge < -0.3 is 20.5 Å². The minimum atomic E-state index is -4.74. The van der Waals surface area contributed by atoms with Crippen LogP contribution >= 0.6 is 23.2 Å². The molecule has 2 rings (SSSR count). The predicted octanol–water partition coefficient (Wildman–Crippen LogP) is 6.04. The zero-order valence-electron chi connectivity index (χ0n) is 17.2. The minimum absolute atomic E-state index is 0.0551. The van der Waals surface area contributed by atoms with Gasteiger partial charge in [-0.25, -0.2) is 9.98 Å². The molecule has 11 heteroatoms. The van der Waals surface area contributed by atoms with Gasteiger partial charge in [-0.1, -0.05) is 48.3 Å². The van der Waals surface area contributed by atoms with E-state index in [-0.39, 0.29) is 27.4 Å². The van der Waals surface area contributed by atoms with E-state index in [1.807, 2.05) is 17.9 Å². The second kappa shape index (κ2) is 11.1. The van der Waals surface area contributed by atoms with Crippen LogP contribution in [0.5, 0.6) is 11.5 Å². The highest BCUT2D eigenvalue weighted by atomic mass is 35.5. The summed E-state index contributed by atoms with van der Waals surface area (Å²) < 4.78 is 40.8. The first kappa shape index (κ1) is 25.4. The summed E-state index contributed by atoms with van der Waals surface area (Å²) in [4.78, 5) is 10.1. The van der Waals surface area contributed by atoms with Crippen LogP contribution < -0.4 is 10.5 Å². The van der Waals surface area contributed by atoms with E-state index in [9.17, 15) is 18.3 Å². The Bertz CT molecular complexity index is 1000. The van der Waals surface area contributed by atoms with Crippen LogP contribution in [0.4, 0.5) is 18.9 Å². The van der Waals surface area contributed by atoms with Crippen LogP contribution in [0.25, 0.3) is 0 Å². The van der Waals surface area contributed by atoms with Crippen molar-refractivity contribution in [3.05, 3.63) is 63.8 Å². The number of aromatic hydroxyl groups is 1. The fourth-order valence-electron chi connectivity index (χ4n) is 2.66. The smallest absolute Gasteiger partial charge is 0.505 e. The van der Waals surface area contributed by atoms with Gasteiger partial charge in [-0.2, -0.15) is 0 Å². The first-order valence-electron chi connectivity index (χ1n) is 9.30. The number of ether oxygens (including phenoxy) is 1. The van der Waals surface area contributed by atoms with Gasteiger partial charge in [0.1, 0.15) is 17.9 Å². The zero-order chi connectivity index (χ0) is 23.9. The lowest BCUT2D eigenvalue weighted by Gasteiger charge is -2.22. The van der Waals surface area contributed by atoms with Gasteiger partial charge in [-0.3, -0.25) is 0 Å². The molecule has 172 valence electrons. The molecule has 6 nitrogen and oxygen atoms in total. The van der Waals surface area contributed by atoms with Crippen molar-refractivity contribution in [3.8, 4) is 11.5 Å². The number of rotatable bonds is 8. The Morgan fingerprint density at radius 3 is 2.31 bits per heavy atom. The van der Waals surface area contributed by atoms with Gasteiger partial charge >= 0.3 is 6.36 Å². The van der Waals surface area contributed by atoms with E-state index in [1.165, 1.54) is 42.7 Å². The van der Waals surface area contributed by atoms with E-state index in [0.717, 1.165) is 5.56 Å². The first-order valence-corrected chi connectivity index (χ1v) is 10.1. The summed E-state index contributed by atoms with van der Waals surface area (Å²) in [6, 6.07) is 8.41. The summed E-state index contributed by atoms with van der Waals surface area (Å²) in [6.07, 6.45) is -0.968. The standard InChI is InChI=1S/C21H21Cl2F3N4O2/c1-3-4-18(20(27)29-12-28-14-9-16(22)19(31)17(23)10-14)30(2)11-13-5-7-15(8-6-13)32-21(24,25)26/h4-10,12,31H,3,11H2,1-2H3,(H2,27,28,29). The molecule has 0 aliphatic rings. The number of hydrogen-bond donors (Lipinski definition) is 2. The number of phenolic OH excluding ortho intramolecular Hbond substituents is 1. The summed E-state index contributed by atoms with van der Waals surface area (Å²) in [7, 11) is 1.78. The SMILES string of the molecule is CCC=C(C(N)=NC=Nc1cc(Cl)c(O)c(Cl)c1)N(C)Cc1ccc(OC(F)(F)F)cc1. The molecular formula is C21H21Cl2F3N4O2. The average Bonchev–Trinajstić information content (AvgIpc) is 2.70. The van der Waals surface area contributed by atoms with Crippen molar-refractivity contribution in [2.45, 2.75) is 26.3 Å². The Labute approximate surface area is 193 Å². The third-order valence-electron chi connectivity index (χ3n) is 4.05. The number of nitrogens with two attached hydrogens (primary N) is 1. The molecule has 0 radical (unpaired) electrons. The Balaban J connectivity index is 2.12. The number of nitrogens with zero attached hydrogens (tertiary/aromatic N) is 3. The molecule has 0 aliphatic heterocycles. The minimum Gasteiger partial charge on any atom is -0.505 e. The molecule has 32 heavy (non-hydrogen) atoms. The molecule has 0 heterocycles. The normalized spacial score (nSPS) is 13.0. The molecule has 0 atom stereocenters. The van der Waals surface area contributed by atoms with Crippen molar-refractivity contribution in [2.24, 2.45) is 15.7 Å². The van der Waals surface area contributed by atoms with Gasteiger partial charge in [0.05, 0.1) is 21.4 Å². The van der Waals surface area contributed by atoms with Crippen molar-refractivity contribution in [1.29, 1.82) is 0 Å². The highest BCUT2D eigenvalue weighted by Crippen LogP contribution is 2.35. The van der Waals surface area contributed by atoms with E-state index < -0.39 is 6.36 Å². The van der Waals surface area contributed by atoms with Crippen LogP contribution in [-0.2, 0) is 6.54 Å². The molecule has 0 spiro atoms. The van der Waals surface area contributed by atoms with Gasteiger partial charge in [0.25, 0.3) is 0 Å². The van der Waals surface area contributed by atoms with Gasteiger partial charge in [0, 0.05) is 13.6 Å². The maximum Gasteiger partial charge on any atom is 0.573 e. The number of phenols is 1. The number of halogens is 5. The van der Waals surface area contributed by atoms with Gasteiger partial charge in [0.15, 0.2) is 5.75 Å². The van der Waals surface area contributed by atoms with E-state index in [1.54, 1.807) is 7.05 Å². The molecule has 0 bridgehead atoms. The molecule has 0 saturated carbocycles. The van der Waals surface area contributed by atoms with Crippen molar-refractivity contribution in [3.63, 3.8) is 0 Å². The lowest BCUT2D eigenvalue weighted by Crippen LogP contribution is -2.28. The molecular weight excluding hydrogens is 468 g/mol. The van der Waals surface area contributed by atoms with Crippen molar-refractivity contribution in [2.75, 3.05) is 7.05 Å². The van der Waals surface area contributed by atoms with Crippen molar-refractivity contribution in [1.82, 2.24) is 4.90 Å². The van der Waals surface area contributed by atoms with Crippen molar-refractivity contribution < 1.29 is 23.0 Å². The second-order valence-electron chi connectivity index (χ2n) is 6.56. The maximum atomic E-state index is 12.3. The Kier molecular flexibility index (Phi) is 8.80. The largest absolute Gasteiger partial charge is 0.573 e. The molecule has 2 aromatic rings. The number of benzene rings is 2. The summed E-state index contributed by atoms with van der Waals surface area (Å²) in [5.74, 6) is -0.339. The van der Waals surface area contributed by atoms with Gasteiger partial charge in [-0.05, 0) is 36.2 Å². The third kappa shape index (κ3) is 7.65. The number of allylic oxidation sites excluding steroid dienone is 1. The highest BCUT2D eigenvalue weighted by Gasteiger charge is 2.30. The highest BCUT2D eigenvalue weighted by molar-refractivity contribution is 6.37. The number of likely N-dealkylation sites (N-methyl/N-ethyl adjacent to an activating group) is 1. The van der Waals surface area contributed by atoms with Crippen LogP contribution in [0.3, 0.4) is 0 Å². The van der Waals surface area contributed by atoms with Crippen LogP contribution in [0.1, 0.15) is 18.9 Å². The third-order valence-corrected chi connectivity index (χ3v) is 4.63. The molecule has 0 unspecified atom stereocenters. The number of hydrogen-bond acceptors (Lipinski definition) is 4. The van der Waals surface area contributed by atoms with E-state index in [4.69, 9.17) is 28.9 Å². The summed E-state index contributed by atoms with van der Waals surface area (Å²) in [5.41, 5.74) is 7.86. The molecule has 0 fully saturated rings. The monoisotopic (exact) mass is 488 g/mol. The zero-order valence-corrected chi connectivity index (χ0v) is 18.7. The summed E-state index contributed by atoms with van der Waals surface area (Å²) >= 11 is 11.7. The van der Waals surface area contributed by atoms with Crippen molar-refractivity contribution >= 4 is 41.1 Å². The van der Waals surface area contributed by atoms with Crippen LogP contribution in [-0.4, -0.2) is 35.6 Å². The topological polar surface area (TPSA) is 83.4 Å². The summed E-state index contributed by atoms with van der Waals surface area (Å²) in [5, 5.41) is 9.70. The molecule has 0 aliphatic carbocycles. The maximum absolute atomic E-state index is 12.3. The fraction of sp³-hybridized carbons (Fsp3) is 0.238. The number of amidine groups is 1. The molecule has 0 amide bonds. The van der Waals surface area contributed by atoms with Gasteiger partial charge in [-0.15, -0.1) is 13.2 Å². The Morgan fingerprint density at radius 1 is 1.19 bits per heavy atom. The van der Waals surface area contributed by atoms with Gasteiger partial charge in [0.2, 0.25) is 0 Å². The van der Waals surface area contributed by atoms with E-state index in [0.29, 0.717) is 24.4 Å². The molecule has 0 aromatic heterocycles. The second-order valence-corrected chi connectivity index (χ2v) is 7.38. The Morgan fingerprint density at radius 2 is 1.78 bits per heavy atom. The summed E-state index contributed by atoms with van der Waals surface area (Å²) in [6.45, 7) is 2.30. The number of alkyl halides is 3. The number of aliphatic imine (C=N–C) groups is 2.